The number of hydrogen-bond acceptors (Lipinski definition) is 3. The predicted octanol–water partition coefficient (Wildman–Crippen LogP) is 5.04. The SMILES string of the molecule is O=C1C(SCc2ccccc2)=C(c2ccccc2)C(=O)N1Cc1ccccc1F. The van der Waals surface area contributed by atoms with Crippen molar-refractivity contribution in [1.29, 1.82) is 0 Å². The van der Waals surface area contributed by atoms with Gasteiger partial charge in [-0.3, -0.25) is 14.5 Å². The first kappa shape index (κ1) is 19.2. The summed E-state index contributed by atoms with van der Waals surface area (Å²) in [7, 11) is 0. The molecule has 0 aromatic heterocycles. The maximum Gasteiger partial charge on any atom is 0.268 e. The minimum Gasteiger partial charge on any atom is -0.269 e. The van der Waals surface area contributed by atoms with E-state index >= 15 is 0 Å². The maximum atomic E-state index is 14.1. The number of carbonyl (C=O) groups excluding carboxylic acids is 2. The molecule has 3 aromatic rings. The van der Waals surface area contributed by atoms with Gasteiger partial charge >= 0.3 is 0 Å². The molecule has 0 bridgehead atoms. The topological polar surface area (TPSA) is 37.4 Å². The van der Waals surface area contributed by atoms with Crippen LogP contribution >= 0.6 is 11.8 Å². The van der Waals surface area contributed by atoms with E-state index in [0.717, 1.165) is 10.5 Å². The van der Waals surface area contributed by atoms with Gasteiger partial charge in [0, 0.05) is 11.3 Å². The molecule has 2 amide bonds. The Morgan fingerprint density at radius 1 is 0.759 bits per heavy atom. The molecule has 3 nitrogen and oxygen atoms in total. The van der Waals surface area contributed by atoms with Crippen molar-refractivity contribution in [2.75, 3.05) is 0 Å². The molecule has 0 saturated carbocycles. The summed E-state index contributed by atoms with van der Waals surface area (Å²) >= 11 is 1.34. The van der Waals surface area contributed by atoms with Crippen LogP contribution in [-0.2, 0) is 21.9 Å². The Morgan fingerprint density at radius 3 is 2.07 bits per heavy atom. The van der Waals surface area contributed by atoms with Gasteiger partial charge in [-0.05, 0) is 17.2 Å². The lowest BCUT2D eigenvalue weighted by atomic mass is 10.1. The Hall–Kier alpha value is -3.18. The Labute approximate surface area is 172 Å². The van der Waals surface area contributed by atoms with Crippen LogP contribution in [0.3, 0.4) is 0 Å². The Kier molecular flexibility index (Phi) is 5.58. The molecule has 0 radical (unpaired) electrons. The minimum atomic E-state index is -0.431. The van der Waals surface area contributed by atoms with E-state index in [-0.39, 0.29) is 18.4 Å². The summed E-state index contributed by atoms with van der Waals surface area (Å²) in [5.74, 6) is -0.628. The van der Waals surface area contributed by atoms with Gasteiger partial charge in [-0.25, -0.2) is 4.39 Å². The van der Waals surface area contributed by atoms with Crippen molar-refractivity contribution in [2.24, 2.45) is 0 Å². The highest BCUT2D eigenvalue weighted by molar-refractivity contribution is 8.03. The van der Waals surface area contributed by atoms with Crippen molar-refractivity contribution in [3.8, 4) is 0 Å². The highest BCUT2D eigenvalue weighted by Gasteiger charge is 2.39. The molecular weight excluding hydrogens is 385 g/mol. The van der Waals surface area contributed by atoms with Crippen molar-refractivity contribution < 1.29 is 14.0 Å². The highest BCUT2D eigenvalue weighted by Crippen LogP contribution is 2.38. The van der Waals surface area contributed by atoms with Crippen molar-refractivity contribution in [2.45, 2.75) is 12.3 Å². The van der Waals surface area contributed by atoms with Gasteiger partial charge in [0.05, 0.1) is 17.0 Å². The van der Waals surface area contributed by atoms with Crippen LogP contribution in [0.2, 0.25) is 0 Å². The minimum absolute atomic E-state index is 0.0872. The number of nitrogens with zero attached hydrogens (tertiary/aromatic N) is 1. The smallest absolute Gasteiger partial charge is 0.268 e. The molecule has 144 valence electrons. The summed E-state index contributed by atoms with van der Waals surface area (Å²) in [5.41, 5.74) is 2.45. The molecule has 0 fully saturated rings. The molecule has 1 aliphatic heterocycles. The summed E-state index contributed by atoms with van der Waals surface area (Å²) in [5, 5.41) is 0. The normalized spacial score (nSPS) is 14.0. The molecule has 3 aromatic carbocycles. The monoisotopic (exact) mass is 403 g/mol. The molecular formula is C24H18FNO2S. The van der Waals surface area contributed by atoms with Crippen LogP contribution in [0, 0.1) is 5.82 Å². The van der Waals surface area contributed by atoms with Gasteiger partial charge in [-0.15, -0.1) is 11.8 Å². The highest BCUT2D eigenvalue weighted by atomic mass is 32.2. The van der Waals surface area contributed by atoms with Gasteiger partial charge in [0.15, 0.2) is 0 Å². The summed E-state index contributed by atoms with van der Waals surface area (Å²) in [4.78, 5) is 27.8. The first-order valence-corrected chi connectivity index (χ1v) is 10.2. The van der Waals surface area contributed by atoms with Crippen LogP contribution in [0.5, 0.6) is 0 Å². The number of benzene rings is 3. The standard InChI is InChI=1S/C24H18FNO2S/c25-20-14-8-7-13-19(20)15-26-23(27)21(18-11-5-2-6-12-18)22(24(26)28)29-16-17-9-3-1-4-10-17/h1-14H,15-16H2. The average molecular weight is 403 g/mol. The van der Waals surface area contributed by atoms with Crippen LogP contribution in [-0.4, -0.2) is 16.7 Å². The Morgan fingerprint density at radius 2 is 1.38 bits per heavy atom. The summed E-state index contributed by atoms with van der Waals surface area (Å²) < 4.78 is 14.1. The number of halogens is 1. The van der Waals surface area contributed by atoms with E-state index < -0.39 is 5.82 Å². The number of hydrogen-bond donors (Lipinski definition) is 0. The summed E-state index contributed by atoms with van der Waals surface area (Å²) in [6.07, 6.45) is 0. The molecule has 0 spiro atoms. The van der Waals surface area contributed by atoms with Crippen LogP contribution in [0.25, 0.3) is 5.57 Å². The van der Waals surface area contributed by atoms with Crippen molar-refractivity contribution in [3.63, 3.8) is 0 Å². The second-order valence-electron chi connectivity index (χ2n) is 6.63. The van der Waals surface area contributed by atoms with Gasteiger partial charge in [0.25, 0.3) is 11.8 Å². The van der Waals surface area contributed by atoms with Gasteiger partial charge < -0.3 is 0 Å². The van der Waals surface area contributed by atoms with E-state index in [1.165, 1.54) is 17.8 Å². The Balaban J connectivity index is 1.67. The molecule has 0 aliphatic carbocycles. The lowest BCUT2D eigenvalue weighted by molar-refractivity contribution is -0.137. The first-order chi connectivity index (χ1) is 14.1. The van der Waals surface area contributed by atoms with E-state index in [2.05, 4.69) is 0 Å². The van der Waals surface area contributed by atoms with Crippen molar-refractivity contribution >= 4 is 29.1 Å². The van der Waals surface area contributed by atoms with Gasteiger partial charge in [0.2, 0.25) is 0 Å². The molecule has 4 rings (SSSR count). The third-order valence-electron chi connectivity index (χ3n) is 4.70. The zero-order valence-electron chi connectivity index (χ0n) is 15.5. The van der Waals surface area contributed by atoms with Gasteiger partial charge in [-0.1, -0.05) is 78.9 Å². The fourth-order valence-corrected chi connectivity index (χ4v) is 4.30. The first-order valence-electron chi connectivity index (χ1n) is 9.21. The van der Waals surface area contributed by atoms with Crippen LogP contribution in [0.15, 0.2) is 89.8 Å². The van der Waals surface area contributed by atoms with Gasteiger partial charge in [-0.2, -0.15) is 0 Å². The molecule has 0 atom stereocenters. The summed E-state index contributed by atoms with van der Waals surface area (Å²) in [6.45, 7) is -0.0872. The average Bonchev–Trinajstić information content (AvgIpc) is 2.99. The molecule has 0 unspecified atom stereocenters. The maximum absolute atomic E-state index is 14.1. The van der Waals surface area contributed by atoms with E-state index in [0.29, 0.717) is 27.4 Å². The Bertz CT molecular complexity index is 1080. The largest absolute Gasteiger partial charge is 0.269 e. The molecule has 1 aliphatic rings. The quantitative estimate of drug-likeness (QED) is 0.541. The van der Waals surface area contributed by atoms with E-state index in [1.807, 2.05) is 60.7 Å². The third-order valence-corrected chi connectivity index (χ3v) is 5.85. The molecule has 1 heterocycles. The number of carbonyl (C=O) groups is 2. The van der Waals surface area contributed by atoms with E-state index in [9.17, 15) is 14.0 Å². The number of imide groups is 1. The van der Waals surface area contributed by atoms with Crippen LogP contribution < -0.4 is 0 Å². The van der Waals surface area contributed by atoms with Crippen molar-refractivity contribution in [3.05, 3.63) is 112 Å². The summed E-state index contributed by atoms with van der Waals surface area (Å²) in [6, 6.07) is 25.1. The second kappa shape index (κ2) is 8.45. The van der Waals surface area contributed by atoms with E-state index in [1.54, 1.807) is 18.2 Å². The van der Waals surface area contributed by atoms with E-state index in [4.69, 9.17) is 0 Å². The number of amides is 2. The zero-order valence-corrected chi connectivity index (χ0v) is 16.4. The predicted molar refractivity (Wildman–Crippen MR) is 113 cm³/mol. The van der Waals surface area contributed by atoms with Crippen LogP contribution in [0.4, 0.5) is 4.39 Å². The van der Waals surface area contributed by atoms with Crippen LogP contribution in [0.1, 0.15) is 16.7 Å². The van der Waals surface area contributed by atoms with Gasteiger partial charge in [0.1, 0.15) is 5.82 Å². The van der Waals surface area contributed by atoms with Crippen molar-refractivity contribution in [1.82, 2.24) is 4.90 Å². The molecule has 0 saturated heterocycles. The third kappa shape index (κ3) is 4.00. The lowest BCUT2D eigenvalue weighted by Gasteiger charge is -2.15. The number of rotatable bonds is 6. The molecule has 5 heteroatoms. The fraction of sp³-hybridized carbons (Fsp3) is 0.0833. The fourth-order valence-electron chi connectivity index (χ4n) is 3.22. The number of thioether (sulfide) groups is 1. The zero-order chi connectivity index (χ0) is 20.2. The second-order valence-corrected chi connectivity index (χ2v) is 7.62. The molecule has 0 N–H and O–H groups in total. The molecule has 29 heavy (non-hydrogen) atoms. The lowest BCUT2D eigenvalue weighted by Crippen LogP contribution is -2.31.